The molecule has 0 radical (unpaired) electrons. The van der Waals surface area contributed by atoms with E-state index >= 15 is 0 Å². The second-order valence-electron chi connectivity index (χ2n) is 4.32. The van der Waals surface area contributed by atoms with Gasteiger partial charge in [-0.1, -0.05) is 33.3 Å². The Morgan fingerprint density at radius 3 is 2.46 bits per heavy atom. The molecule has 0 spiro atoms. The van der Waals surface area contributed by atoms with Gasteiger partial charge in [0.15, 0.2) is 5.82 Å². The number of nitrogens with zero attached hydrogens (tertiary/aromatic N) is 1. The molecule has 0 saturated carbocycles. The molecular formula is C17H28FN3O3. The van der Waals surface area contributed by atoms with Crippen LogP contribution in [0.25, 0.3) is 0 Å². The lowest BCUT2D eigenvalue weighted by atomic mass is 10.2. The molecule has 1 heterocycles. The molecule has 0 aromatic carbocycles. The number of ether oxygens (including phenoxy) is 1. The van der Waals surface area contributed by atoms with E-state index in [1.807, 2.05) is 27.7 Å². The van der Waals surface area contributed by atoms with Crippen LogP contribution in [-0.4, -0.2) is 30.0 Å². The number of aromatic nitrogens is 1. The Hall–Kier alpha value is -2.28. The number of rotatable bonds is 6. The van der Waals surface area contributed by atoms with Crippen LogP contribution in [0.1, 0.15) is 51.0 Å². The van der Waals surface area contributed by atoms with Crippen LogP contribution in [-0.2, 0) is 9.53 Å². The number of halogens is 1. The Kier molecular flexibility index (Phi) is 14.3. The molecule has 2 amide bonds. The zero-order valence-corrected chi connectivity index (χ0v) is 15.1. The van der Waals surface area contributed by atoms with E-state index < -0.39 is 23.7 Å². The SMILES string of the molecule is C=CC.CC.CCCC(OC)C(=O)Nc1cc(C(N)=O)ncc1F. The summed E-state index contributed by atoms with van der Waals surface area (Å²) in [5.41, 5.74) is 4.77. The first-order valence-corrected chi connectivity index (χ1v) is 7.77. The Bertz CT molecular complexity index is 522. The van der Waals surface area contributed by atoms with Crippen LogP contribution in [0.15, 0.2) is 24.9 Å². The van der Waals surface area contributed by atoms with E-state index in [-0.39, 0.29) is 11.4 Å². The first kappa shape index (κ1) is 24.0. The third-order valence-electron chi connectivity index (χ3n) is 2.49. The number of nitrogens with two attached hydrogens (primary N) is 1. The molecule has 0 aliphatic heterocycles. The summed E-state index contributed by atoms with van der Waals surface area (Å²) >= 11 is 0. The number of methoxy groups -OCH3 is 1. The minimum Gasteiger partial charge on any atom is -0.372 e. The summed E-state index contributed by atoms with van der Waals surface area (Å²) in [6.07, 6.45) is 3.17. The number of nitrogens with one attached hydrogen (secondary N) is 1. The minimum atomic E-state index is -0.799. The summed E-state index contributed by atoms with van der Waals surface area (Å²) in [5, 5.41) is 2.35. The molecule has 0 aliphatic carbocycles. The van der Waals surface area contributed by atoms with Crippen LogP contribution < -0.4 is 11.1 Å². The van der Waals surface area contributed by atoms with E-state index in [9.17, 15) is 14.0 Å². The van der Waals surface area contributed by atoms with Crippen LogP contribution in [0.3, 0.4) is 0 Å². The van der Waals surface area contributed by atoms with Crippen molar-refractivity contribution in [2.75, 3.05) is 12.4 Å². The monoisotopic (exact) mass is 341 g/mol. The first-order valence-electron chi connectivity index (χ1n) is 7.77. The number of amides is 2. The molecule has 24 heavy (non-hydrogen) atoms. The molecule has 7 heteroatoms. The molecular weight excluding hydrogens is 313 g/mol. The van der Waals surface area contributed by atoms with Crippen molar-refractivity contribution in [1.29, 1.82) is 0 Å². The van der Waals surface area contributed by atoms with Gasteiger partial charge >= 0.3 is 0 Å². The molecule has 136 valence electrons. The second kappa shape index (κ2) is 14.3. The van der Waals surface area contributed by atoms with Crippen molar-refractivity contribution in [2.24, 2.45) is 5.73 Å². The summed E-state index contributed by atoms with van der Waals surface area (Å²) in [6, 6.07) is 1.09. The van der Waals surface area contributed by atoms with Crippen LogP contribution >= 0.6 is 0 Å². The predicted molar refractivity (Wildman–Crippen MR) is 94.3 cm³/mol. The van der Waals surface area contributed by atoms with E-state index in [0.717, 1.165) is 18.7 Å². The van der Waals surface area contributed by atoms with Crippen molar-refractivity contribution >= 4 is 17.5 Å². The highest BCUT2D eigenvalue weighted by molar-refractivity contribution is 5.96. The lowest BCUT2D eigenvalue weighted by Crippen LogP contribution is -2.30. The van der Waals surface area contributed by atoms with E-state index in [1.54, 1.807) is 6.08 Å². The van der Waals surface area contributed by atoms with E-state index in [2.05, 4.69) is 16.9 Å². The summed E-state index contributed by atoms with van der Waals surface area (Å²) in [5.74, 6) is -2.03. The van der Waals surface area contributed by atoms with Crippen molar-refractivity contribution in [3.05, 3.63) is 36.4 Å². The normalized spacial score (nSPS) is 10.2. The van der Waals surface area contributed by atoms with Crippen LogP contribution in [0.2, 0.25) is 0 Å². The second-order valence-corrected chi connectivity index (χ2v) is 4.32. The molecule has 0 bridgehead atoms. The molecule has 1 aromatic heterocycles. The fourth-order valence-electron chi connectivity index (χ4n) is 1.50. The van der Waals surface area contributed by atoms with Gasteiger partial charge < -0.3 is 15.8 Å². The van der Waals surface area contributed by atoms with Crippen LogP contribution in [0.4, 0.5) is 10.1 Å². The fraction of sp³-hybridized carbons (Fsp3) is 0.471. The van der Waals surface area contributed by atoms with Gasteiger partial charge in [-0.05, 0) is 19.4 Å². The quantitative estimate of drug-likeness (QED) is 0.776. The molecule has 0 saturated heterocycles. The van der Waals surface area contributed by atoms with Gasteiger partial charge in [0.1, 0.15) is 11.8 Å². The largest absolute Gasteiger partial charge is 0.372 e. The number of carbonyl (C=O) groups excluding carboxylic acids is 2. The summed E-state index contributed by atoms with van der Waals surface area (Å²) in [6.45, 7) is 11.2. The van der Waals surface area contributed by atoms with Crippen molar-refractivity contribution in [3.8, 4) is 0 Å². The highest BCUT2D eigenvalue weighted by atomic mass is 19.1. The number of anilines is 1. The van der Waals surface area contributed by atoms with Gasteiger partial charge in [-0.3, -0.25) is 9.59 Å². The standard InChI is InChI=1S/C12H16FN3O3.C3H6.C2H6/c1-3-4-10(19-2)12(18)16-8-5-9(11(14)17)15-6-7(8)13;1-3-2;1-2/h5-6,10H,3-4H2,1-2H3,(H2,14,17)(H,15,16,18);3H,1H2,2H3;1-2H3. The molecule has 1 rings (SSSR count). The minimum absolute atomic E-state index is 0.124. The lowest BCUT2D eigenvalue weighted by Gasteiger charge is -2.14. The smallest absolute Gasteiger partial charge is 0.267 e. The molecule has 0 aliphatic rings. The third-order valence-corrected chi connectivity index (χ3v) is 2.49. The van der Waals surface area contributed by atoms with Crippen molar-refractivity contribution in [1.82, 2.24) is 4.98 Å². The van der Waals surface area contributed by atoms with Gasteiger partial charge in [0.2, 0.25) is 0 Å². The molecule has 1 aromatic rings. The van der Waals surface area contributed by atoms with Gasteiger partial charge in [0.25, 0.3) is 11.8 Å². The molecule has 0 fully saturated rings. The van der Waals surface area contributed by atoms with Gasteiger partial charge in [0.05, 0.1) is 11.9 Å². The average Bonchev–Trinajstić information content (AvgIpc) is 2.56. The Labute approximate surface area is 143 Å². The number of hydrogen-bond donors (Lipinski definition) is 2. The van der Waals surface area contributed by atoms with Crippen LogP contribution in [0.5, 0.6) is 0 Å². The van der Waals surface area contributed by atoms with Crippen molar-refractivity contribution < 1.29 is 18.7 Å². The summed E-state index contributed by atoms with van der Waals surface area (Å²) in [7, 11) is 1.40. The van der Waals surface area contributed by atoms with Crippen molar-refractivity contribution in [3.63, 3.8) is 0 Å². The zero-order chi connectivity index (χ0) is 19.1. The number of carbonyl (C=O) groups is 2. The topological polar surface area (TPSA) is 94.3 Å². The predicted octanol–water partition coefficient (Wildman–Crippen LogP) is 3.29. The third kappa shape index (κ3) is 8.99. The van der Waals surface area contributed by atoms with E-state index in [4.69, 9.17) is 10.5 Å². The fourth-order valence-corrected chi connectivity index (χ4v) is 1.50. The first-order chi connectivity index (χ1) is 11.4. The van der Waals surface area contributed by atoms with Gasteiger partial charge in [0, 0.05) is 7.11 Å². The summed E-state index contributed by atoms with van der Waals surface area (Å²) < 4.78 is 18.5. The van der Waals surface area contributed by atoms with Crippen LogP contribution in [0, 0.1) is 5.82 Å². The molecule has 6 nitrogen and oxygen atoms in total. The maximum Gasteiger partial charge on any atom is 0.267 e. The zero-order valence-electron chi connectivity index (χ0n) is 15.1. The van der Waals surface area contributed by atoms with Gasteiger partial charge in [-0.15, -0.1) is 6.58 Å². The number of pyridine rings is 1. The lowest BCUT2D eigenvalue weighted by molar-refractivity contribution is -0.126. The Morgan fingerprint density at radius 2 is 2.04 bits per heavy atom. The summed E-state index contributed by atoms with van der Waals surface area (Å²) in [4.78, 5) is 26.3. The van der Waals surface area contributed by atoms with E-state index in [1.165, 1.54) is 7.11 Å². The van der Waals surface area contributed by atoms with Gasteiger partial charge in [-0.2, -0.15) is 0 Å². The highest BCUT2D eigenvalue weighted by Gasteiger charge is 2.19. The highest BCUT2D eigenvalue weighted by Crippen LogP contribution is 2.15. The number of primary amides is 1. The van der Waals surface area contributed by atoms with Gasteiger partial charge in [-0.25, -0.2) is 9.37 Å². The molecule has 3 N–H and O–H groups in total. The number of allylic oxidation sites excluding steroid dienone is 1. The maximum absolute atomic E-state index is 13.5. The number of hydrogen-bond acceptors (Lipinski definition) is 4. The maximum atomic E-state index is 13.5. The average molecular weight is 341 g/mol. The Morgan fingerprint density at radius 1 is 1.50 bits per heavy atom. The van der Waals surface area contributed by atoms with E-state index in [0.29, 0.717) is 6.42 Å². The molecule has 1 unspecified atom stereocenters. The van der Waals surface area contributed by atoms with Crippen molar-refractivity contribution in [2.45, 2.75) is 46.6 Å². The Balaban J connectivity index is 0. The molecule has 1 atom stereocenters.